The van der Waals surface area contributed by atoms with Gasteiger partial charge in [0.1, 0.15) is 5.69 Å². The number of ether oxygens (including phenoxy) is 2. The summed E-state index contributed by atoms with van der Waals surface area (Å²) in [6, 6.07) is 1.83. The molecular formula is C15H23N3O4. The Morgan fingerprint density at radius 1 is 1.45 bits per heavy atom. The standard InChI is InChI=1S/C15H23N3O4/c1-4-21-14(20)13-5-8-16-18(13)12-6-9-17(10-7-12)15(2,3)22-11-19/h5,8,11-12H,4,6-7,9-10H2,1-3H3. The summed E-state index contributed by atoms with van der Waals surface area (Å²) in [6.07, 6.45) is 3.29. The van der Waals surface area contributed by atoms with E-state index in [2.05, 4.69) is 10.00 Å². The van der Waals surface area contributed by atoms with E-state index in [4.69, 9.17) is 9.47 Å². The topological polar surface area (TPSA) is 73.7 Å². The number of likely N-dealkylation sites (tertiary alicyclic amines) is 1. The Balaban J connectivity index is 2.02. The van der Waals surface area contributed by atoms with Crippen LogP contribution in [-0.4, -0.2) is 52.5 Å². The largest absolute Gasteiger partial charge is 0.461 e. The van der Waals surface area contributed by atoms with Crippen LogP contribution in [0.25, 0.3) is 0 Å². The van der Waals surface area contributed by atoms with Crippen LogP contribution in [0.15, 0.2) is 12.3 Å². The minimum absolute atomic E-state index is 0.151. The van der Waals surface area contributed by atoms with Crippen molar-refractivity contribution in [3.8, 4) is 0 Å². The van der Waals surface area contributed by atoms with Crippen molar-refractivity contribution >= 4 is 12.4 Å². The van der Waals surface area contributed by atoms with E-state index in [1.165, 1.54) is 0 Å². The zero-order valence-corrected chi connectivity index (χ0v) is 13.3. The van der Waals surface area contributed by atoms with Crippen LogP contribution in [0.2, 0.25) is 0 Å². The van der Waals surface area contributed by atoms with E-state index in [9.17, 15) is 9.59 Å². The molecule has 1 aromatic rings. The van der Waals surface area contributed by atoms with Crippen molar-refractivity contribution in [3.63, 3.8) is 0 Å². The third-order valence-corrected chi connectivity index (χ3v) is 4.06. The van der Waals surface area contributed by atoms with Gasteiger partial charge in [-0.25, -0.2) is 4.79 Å². The summed E-state index contributed by atoms with van der Waals surface area (Å²) in [6.45, 7) is 7.91. The second kappa shape index (κ2) is 6.91. The Morgan fingerprint density at radius 2 is 2.14 bits per heavy atom. The van der Waals surface area contributed by atoms with Gasteiger partial charge in [-0.3, -0.25) is 14.4 Å². The Labute approximate surface area is 130 Å². The highest BCUT2D eigenvalue weighted by Crippen LogP contribution is 2.28. The van der Waals surface area contributed by atoms with E-state index in [1.54, 1.807) is 23.9 Å². The van der Waals surface area contributed by atoms with Crippen molar-refractivity contribution in [2.75, 3.05) is 19.7 Å². The van der Waals surface area contributed by atoms with Gasteiger partial charge in [0.25, 0.3) is 6.47 Å². The Morgan fingerprint density at radius 3 is 2.73 bits per heavy atom. The van der Waals surface area contributed by atoms with Crippen LogP contribution in [0.4, 0.5) is 0 Å². The molecular weight excluding hydrogens is 286 g/mol. The first-order valence-corrected chi connectivity index (χ1v) is 7.56. The smallest absolute Gasteiger partial charge is 0.356 e. The zero-order valence-electron chi connectivity index (χ0n) is 13.3. The van der Waals surface area contributed by atoms with Gasteiger partial charge in [0, 0.05) is 19.3 Å². The van der Waals surface area contributed by atoms with Crippen molar-refractivity contribution in [1.82, 2.24) is 14.7 Å². The minimum Gasteiger partial charge on any atom is -0.461 e. The lowest BCUT2D eigenvalue weighted by Gasteiger charge is -2.41. The molecule has 7 nitrogen and oxygen atoms in total. The lowest BCUT2D eigenvalue weighted by Crippen LogP contribution is -2.50. The number of nitrogens with zero attached hydrogens (tertiary/aromatic N) is 3. The highest BCUT2D eigenvalue weighted by molar-refractivity contribution is 5.87. The predicted molar refractivity (Wildman–Crippen MR) is 79.3 cm³/mol. The maximum Gasteiger partial charge on any atom is 0.356 e. The number of rotatable bonds is 6. The lowest BCUT2D eigenvalue weighted by molar-refractivity contribution is -0.164. The molecule has 0 radical (unpaired) electrons. The average Bonchev–Trinajstić information content (AvgIpc) is 2.97. The molecule has 1 saturated heterocycles. The second-order valence-corrected chi connectivity index (χ2v) is 5.76. The fourth-order valence-electron chi connectivity index (χ4n) is 2.81. The molecule has 2 heterocycles. The molecule has 0 spiro atoms. The van der Waals surface area contributed by atoms with Gasteiger partial charge < -0.3 is 9.47 Å². The van der Waals surface area contributed by atoms with E-state index in [1.807, 2.05) is 13.8 Å². The van der Waals surface area contributed by atoms with Crippen LogP contribution in [0.5, 0.6) is 0 Å². The van der Waals surface area contributed by atoms with Gasteiger partial charge in [-0.05, 0) is 39.7 Å². The molecule has 7 heteroatoms. The zero-order chi connectivity index (χ0) is 16.2. The highest BCUT2D eigenvalue weighted by atomic mass is 16.6. The third kappa shape index (κ3) is 3.47. The number of piperidine rings is 1. The van der Waals surface area contributed by atoms with Gasteiger partial charge >= 0.3 is 5.97 Å². The van der Waals surface area contributed by atoms with E-state index < -0.39 is 5.72 Å². The van der Waals surface area contributed by atoms with Crippen molar-refractivity contribution < 1.29 is 19.1 Å². The molecule has 1 aliphatic heterocycles. The number of hydrogen-bond donors (Lipinski definition) is 0. The van der Waals surface area contributed by atoms with E-state index in [0.29, 0.717) is 18.8 Å². The summed E-state index contributed by atoms with van der Waals surface area (Å²) < 4.78 is 11.9. The molecule has 1 aromatic heterocycles. The Bertz CT molecular complexity index is 519. The maximum atomic E-state index is 11.9. The summed E-state index contributed by atoms with van der Waals surface area (Å²) in [7, 11) is 0. The van der Waals surface area contributed by atoms with Gasteiger partial charge in [-0.2, -0.15) is 5.10 Å². The summed E-state index contributed by atoms with van der Waals surface area (Å²) in [5, 5.41) is 4.28. The normalized spacial score (nSPS) is 17.2. The van der Waals surface area contributed by atoms with Gasteiger partial charge in [0.15, 0.2) is 5.72 Å². The van der Waals surface area contributed by atoms with Gasteiger partial charge in [0.05, 0.1) is 12.6 Å². The van der Waals surface area contributed by atoms with Crippen molar-refractivity contribution in [3.05, 3.63) is 18.0 Å². The van der Waals surface area contributed by atoms with Crippen LogP contribution in [0, 0.1) is 0 Å². The Kier molecular flexibility index (Phi) is 5.18. The summed E-state index contributed by atoms with van der Waals surface area (Å²) in [5.74, 6) is -0.341. The van der Waals surface area contributed by atoms with Crippen molar-refractivity contribution in [2.24, 2.45) is 0 Å². The minimum atomic E-state index is -0.610. The first kappa shape index (κ1) is 16.5. The molecule has 0 aliphatic carbocycles. The lowest BCUT2D eigenvalue weighted by atomic mass is 10.0. The molecule has 0 atom stereocenters. The number of carbonyl (C=O) groups excluding carboxylic acids is 2. The first-order chi connectivity index (χ1) is 10.5. The molecule has 122 valence electrons. The number of aromatic nitrogens is 2. The average molecular weight is 309 g/mol. The molecule has 0 aromatic carbocycles. The summed E-state index contributed by atoms with van der Waals surface area (Å²) in [4.78, 5) is 24.6. The monoisotopic (exact) mass is 309 g/mol. The van der Waals surface area contributed by atoms with Crippen molar-refractivity contribution in [2.45, 2.75) is 45.4 Å². The molecule has 22 heavy (non-hydrogen) atoms. The molecule has 0 amide bonds. The van der Waals surface area contributed by atoms with Gasteiger partial charge in [-0.1, -0.05) is 0 Å². The molecule has 2 rings (SSSR count). The predicted octanol–water partition coefficient (Wildman–Crippen LogP) is 1.61. The molecule has 1 fully saturated rings. The van der Waals surface area contributed by atoms with Crippen LogP contribution in [0.3, 0.4) is 0 Å². The van der Waals surface area contributed by atoms with Crippen LogP contribution < -0.4 is 0 Å². The maximum absolute atomic E-state index is 11.9. The first-order valence-electron chi connectivity index (χ1n) is 7.56. The number of hydrogen-bond acceptors (Lipinski definition) is 6. The van der Waals surface area contributed by atoms with Crippen molar-refractivity contribution in [1.29, 1.82) is 0 Å². The number of esters is 1. The van der Waals surface area contributed by atoms with E-state index >= 15 is 0 Å². The Hall–Kier alpha value is -1.89. The molecule has 0 saturated carbocycles. The third-order valence-electron chi connectivity index (χ3n) is 4.06. The molecule has 0 bridgehead atoms. The summed E-state index contributed by atoms with van der Waals surface area (Å²) in [5.41, 5.74) is -0.121. The van der Waals surface area contributed by atoms with Crippen LogP contribution >= 0.6 is 0 Å². The van der Waals surface area contributed by atoms with Gasteiger partial charge in [-0.15, -0.1) is 0 Å². The highest BCUT2D eigenvalue weighted by Gasteiger charge is 2.33. The van der Waals surface area contributed by atoms with E-state index in [-0.39, 0.29) is 12.0 Å². The van der Waals surface area contributed by atoms with Gasteiger partial charge in [0.2, 0.25) is 0 Å². The fraction of sp³-hybridized carbons (Fsp3) is 0.667. The summed E-state index contributed by atoms with van der Waals surface area (Å²) >= 11 is 0. The second-order valence-electron chi connectivity index (χ2n) is 5.76. The SMILES string of the molecule is CCOC(=O)c1ccnn1C1CCN(C(C)(C)OC=O)CC1. The molecule has 1 aliphatic rings. The molecule has 0 N–H and O–H groups in total. The molecule has 0 unspecified atom stereocenters. The van der Waals surface area contributed by atoms with Crippen LogP contribution in [-0.2, 0) is 14.3 Å². The number of carbonyl (C=O) groups is 2. The quantitative estimate of drug-likeness (QED) is 0.587. The van der Waals surface area contributed by atoms with Crippen LogP contribution in [0.1, 0.15) is 50.1 Å². The fourth-order valence-corrected chi connectivity index (χ4v) is 2.81. The van der Waals surface area contributed by atoms with E-state index in [0.717, 1.165) is 25.9 Å².